The summed E-state index contributed by atoms with van der Waals surface area (Å²) >= 11 is 0. The molecular formula is C10H19N3O. The van der Waals surface area contributed by atoms with Crippen LogP contribution in [0.4, 0.5) is 0 Å². The van der Waals surface area contributed by atoms with Crippen molar-refractivity contribution < 1.29 is 4.74 Å². The van der Waals surface area contributed by atoms with E-state index < -0.39 is 0 Å². The van der Waals surface area contributed by atoms with Crippen LogP contribution in [0.3, 0.4) is 0 Å². The zero-order valence-electron chi connectivity index (χ0n) is 9.10. The Balaban J connectivity index is 2.19. The van der Waals surface area contributed by atoms with Crippen molar-refractivity contribution in [2.45, 2.75) is 32.5 Å². The summed E-state index contributed by atoms with van der Waals surface area (Å²) in [4.78, 5) is 0. The number of hydrogen-bond donors (Lipinski definition) is 1. The molecule has 0 saturated carbocycles. The zero-order valence-corrected chi connectivity index (χ0v) is 9.10. The summed E-state index contributed by atoms with van der Waals surface area (Å²) in [6.45, 7) is 5.96. The van der Waals surface area contributed by atoms with E-state index in [4.69, 9.17) is 4.74 Å². The third-order valence-corrected chi connectivity index (χ3v) is 2.18. The van der Waals surface area contributed by atoms with Crippen LogP contribution in [0, 0.1) is 0 Å². The SMILES string of the molecule is COC(C)CNC(C)Cn1cccn1. The summed E-state index contributed by atoms with van der Waals surface area (Å²) in [7, 11) is 1.73. The van der Waals surface area contributed by atoms with Gasteiger partial charge in [-0.1, -0.05) is 0 Å². The molecule has 4 heteroatoms. The predicted molar refractivity (Wildman–Crippen MR) is 56.2 cm³/mol. The highest BCUT2D eigenvalue weighted by Gasteiger charge is 2.04. The van der Waals surface area contributed by atoms with Gasteiger partial charge in [0, 0.05) is 32.1 Å². The number of ether oxygens (including phenoxy) is 1. The molecule has 1 rings (SSSR count). The molecule has 0 amide bonds. The van der Waals surface area contributed by atoms with Crippen LogP contribution >= 0.6 is 0 Å². The first-order valence-corrected chi connectivity index (χ1v) is 4.96. The Morgan fingerprint density at radius 3 is 2.86 bits per heavy atom. The summed E-state index contributed by atoms with van der Waals surface area (Å²) in [5.41, 5.74) is 0. The fraction of sp³-hybridized carbons (Fsp3) is 0.700. The minimum Gasteiger partial charge on any atom is -0.380 e. The van der Waals surface area contributed by atoms with Gasteiger partial charge in [0.2, 0.25) is 0 Å². The third kappa shape index (κ3) is 3.89. The quantitative estimate of drug-likeness (QED) is 0.736. The van der Waals surface area contributed by atoms with Crippen molar-refractivity contribution in [1.29, 1.82) is 0 Å². The highest BCUT2D eigenvalue weighted by Crippen LogP contribution is 1.92. The van der Waals surface area contributed by atoms with Gasteiger partial charge in [-0.05, 0) is 19.9 Å². The fourth-order valence-electron chi connectivity index (χ4n) is 1.20. The molecule has 0 aromatic carbocycles. The number of hydrogen-bond acceptors (Lipinski definition) is 3. The Bertz CT molecular complexity index is 236. The molecular weight excluding hydrogens is 178 g/mol. The topological polar surface area (TPSA) is 39.1 Å². The van der Waals surface area contributed by atoms with E-state index in [0.717, 1.165) is 13.1 Å². The fourth-order valence-corrected chi connectivity index (χ4v) is 1.20. The Morgan fingerprint density at radius 1 is 1.50 bits per heavy atom. The molecule has 0 fully saturated rings. The second kappa shape index (κ2) is 5.78. The van der Waals surface area contributed by atoms with Crippen LogP contribution in [0.2, 0.25) is 0 Å². The van der Waals surface area contributed by atoms with Gasteiger partial charge in [0.05, 0.1) is 12.6 Å². The van der Waals surface area contributed by atoms with E-state index in [2.05, 4.69) is 17.3 Å². The van der Waals surface area contributed by atoms with Crippen LogP contribution in [0.1, 0.15) is 13.8 Å². The molecule has 1 heterocycles. The van der Waals surface area contributed by atoms with Crippen molar-refractivity contribution in [2.75, 3.05) is 13.7 Å². The van der Waals surface area contributed by atoms with Gasteiger partial charge in [0.1, 0.15) is 0 Å². The molecule has 0 spiro atoms. The van der Waals surface area contributed by atoms with Crippen molar-refractivity contribution in [3.05, 3.63) is 18.5 Å². The monoisotopic (exact) mass is 197 g/mol. The zero-order chi connectivity index (χ0) is 10.4. The normalized spacial score (nSPS) is 15.4. The smallest absolute Gasteiger partial charge is 0.0667 e. The van der Waals surface area contributed by atoms with Crippen molar-refractivity contribution in [2.24, 2.45) is 0 Å². The second-order valence-corrected chi connectivity index (χ2v) is 3.58. The van der Waals surface area contributed by atoms with Crippen LogP contribution < -0.4 is 5.32 Å². The Morgan fingerprint density at radius 2 is 2.29 bits per heavy atom. The van der Waals surface area contributed by atoms with Gasteiger partial charge in [-0.25, -0.2) is 0 Å². The van der Waals surface area contributed by atoms with Crippen LogP contribution in [-0.4, -0.2) is 35.6 Å². The molecule has 0 aliphatic rings. The first kappa shape index (κ1) is 11.2. The molecule has 0 aliphatic heterocycles. The van der Waals surface area contributed by atoms with E-state index in [1.807, 2.05) is 23.9 Å². The number of methoxy groups -OCH3 is 1. The van der Waals surface area contributed by atoms with E-state index in [9.17, 15) is 0 Å². The van der Waals surface area contributed by atoms with Crippen LogP contribution in [0.25, 0.3) is 0 Å². The van der Waals surface area contributed by atoms with Crippen molar-refractivity contribution in [1.82, 2.24) is 15.1 Å². The maximum atomic E-state index is 5.15. The average Bonchev–Trinajstić information content (AvgIpc) is 2.66. The van der Waals surface area contributed by atoms with Crippen LogP contribution in [0.5, 0.6) is 0 Å². The molecule has 0 aliphatic carbocycles. The summed E-state index contributed by atoms with van der Waals surface area (Å²) in [5.74, 6) is 0. The maximum Gasteiger partial charge on any atom is 0.0667 e. The van der Waals surface area contributed by atoms with Crippen LogP contribution in [0.15, 0.2) is 18.5 Å². The first-order chi connectivity index (χ1) is 6.72. The summed E-state index contributed by atoms with van der Waals surface area (Å²) in [6, 6.07) is 2.34. The lowest BCUT2D eigenvalue weighted by Crippen LogP contribution is -2.36. The summed E-state index contributed by atoms with van der Waals surface area (Å²) in [6.07, 6.45) is 4.03. The molecule has 1 aromatic rings. The number of rotatable bonds is 6. The first-order valence-electron chi connectivity index (χ1n) is 4.96. The van der Waals surface area contributed by atoms with Gasteiger partial charge in [0.15, 0.2) is 0 Å². The van der Waals surface area contributed by atoms with Gasteiger partial charge in [-0.2, -0.15) is 5.10 Å². The van der Waals surface area contributed by atoms with Crippen molar-refractivity contribution >= 4 is 0 Å². The third-order valence-electron chi connectivity index (χ3n) is 2.18. The summed E-state index contributed by atoms with van der Waals surface area (Å²) in [5, 5.41) is 7.53. The van der Waals surface area contributed by atoms with Gasteiger partial charge >= 0.3 is 0 Å². The van der Waals surface area contributed by atoms with Crippen molar-refractivity contribution in [3.63, 3.8) is 0 Å². The molecule has 80 valence electrons. The standard InChI is InChI=1S/C10H19N3O/c1-9(11-7-10(2)14-3)8-13-6-4-5-12-13/h4-6,9-11H,7-8H2,1-3H3. The average molecular weight is 197 g/mol. The lowest BCUT2D eigenvalue weighted by atomic mass is 10.3. The Kier molecular flexibility index (Phi) is 4.62. The molecule has 0 bridgehead atoms. The highest BCUT2D eigenvalue weighted by molar-refractivity contribution is 4.79. The minimum atomic E-state index is 0.259. The van der Waals surface area contributed by atoms with Crippen LogP contribution in [-0.2, 0) is 11.3 Å². The van der Waals surface area contributed by atoms with E-state index in [-0.39, 0.29) is 6.10 Å². The van der Waals surface area contributed by atoms with Gasteiger partial charge in [-0.15, -0.1) is 0 Å². The molecule has 2 unspecified atom stereocenters. The van der Waals surface area contributed by atoms with E-state index in [1.54, 1.807) is 13.3 Å². The largest absolute Gasteiger partial charge is 0.380 e. The Labute approximate surface area is 85.3 Å². The van der Waals surface area contributed by atoms with Gasteiger partial charge < -0.3 is 10.1 Å². The van der Waals surface area contributed by atoms with E-state index in [1.165, 1.54) is 0 Å². The maximum absolute atomic E-state index is 5.15. The Hall–Kier alpha value is -0.870. The molecule has 1 N–H and O–H groups in total. The van der Waals surface area contributed by atoms with Gasteiger partial charge in [0.25, 0.3) is 0 Å². The lowest BCUT2D eigenvalue weighted by Gasteiger charge is -2.16. The predicted octanol–water partition coefficient (Wildman–Crippen LogP) is 0.896. The summed E-state index contributed by atoms with van der Waals surface area (Å²) < 4.78 is 7.08. The van der Waals surface area contributed by atoms with Crippen molar-refractivity contribution in [3.8, 4) is 0 Å². The van der Waals surface area contributed by atoms with E-state index >= 15 is 0 Å². The van der Waals surface area contributed by atoms with Gasteiger partial charge in [-0.3, -0.25) is 4.68 Å². The molecule has 2 atom stereocenters. The number of nitrogens with zero attached hydrogens (tertiary/aromatic N) is 2. The minimum absolute atomic E-state index is 0.259. The molecule has 1 aromatic heterocycles. The molecule has 0 radical (unpaired) electrons. The lowest BCUT2D eigenvalue weighted by molar-refractivity contribution is 0.114. The number of aromatic nitrogens is 2. The molecule has 0 saturated heterocycles. The second-order valence-electron chi connectivity index (χ2n) is 3.58. The molecule has 14 heavy (non-hydrogen) atoms. The number of nitrogens with one attached hydrogen (secondary N) is 1. The van der Waals surface area contributed by atoms with E-state index in [0.29, 0.717) is 6.04 Å². The highest BCUT2D eigenvalue weighted by atomic mass is 16.5. The molecule has 4 nitrogen and oxygen atoms in total.